The molecule has 2 saturated heterocycles. The molecule has 0 aliphatic carbocycles. The zero-order valence-corrected chi connectivity index (χ0v) is 14.4. The van der Waals surface area contributed by atoms with Crippen LogP contribution in [-0.2, 0) is 10.2 Å². The third-order valence-electron chi connectivity index (χ3n) is 4.79. The molecule has 0 radical (unpaired) electrons. The zero-order valence-electron chi connectivity index (χ0n) is 13.6. The lowest BCUT2D eigenvalue weighted by Crippen LogP contribution is -2.49. The molecule has 0 amide bonds. The van der Waals surface area contributed by atoms with Crippen molar-refractivity contribution in [2.24, 2.45) is 11.8 Å². The van der Waals surface area contributed by atoms with Crippen LogP contribution in [0.4, 0.5) is 0 Å². The normalized spacial score (nSPS) is 23.8. The summed E-state index contributed by atoms with van der Waals surface area (Å²) in [6.45, 7) is 9.04. The maximum absolute atomic E-state index is 12.9. The number of rotatable bonds is 6. The monoisotopic (exact) mass is 317 g/mol. The third kappa shape index (κ3) is 4.65. The van der Waals surface area contributed by atoms with Crippen molar-refractivity contribution in [3.63, 3.8) is 0 Å². The van der Waals surface area contributed by atoms with Crippen LogP contribution in [0.1, 0.15) is 46.0 Å². The standard InChI is InChI=1S/C15H31N3O2S/c1-3-10-18(13-15-4-8-16-9-5-15)21(19,20)17-11-6-14(2)7-12-17/h14-16H,3-13H2,1-2H3. The highest BCUT2D eigenvalue weighted by Crippen LogP contribution is 2.23. The second-order valence-electron chi connectivity index (χ2n) is 6.64. The molecule has 124 valence electrons. The zero-order chi connectivity index (χ0) is 15.3. The van der Waals surface area contributed by atoms with E-state index in [1.165, 1.54) is 0 Å². The second kappa shape index (κ2) is 7.90. The Morgan fingerprint density at radius 3 is 2.33 bits per heavy atom. The van der Waals surface area contributed by atoms with Crippen molar-refractivity contribution in [3.8, 4) is 0 Å². The van der Waals surface area contributed by atoms with Gasteiger partial charge < -0.3 is 5.32 Å². The molecular formula is C15H31N3O2S. The minimum Gasteiger partial charge on any atom is -0.317 e. The summed E-state index contributed by atoms with van der Waals surface area (Å²) in [7, 11) is -3.26. The number of nitrogens with one attached hydrogen (secondary N) is 1. The van der Waals surface area contributed by atoms with E-state index < -0.39 is 10.2 Å². The van der Waals surface area contributed by atoms with E-state index in [1.807, 2.05) is 0 Å². The van der Waals surface area contributed by atoms with Crippen molar-refractivity contribution in [1.82, 2.24) is 13.9 Å². The van der Waals surface area contributed by atoms with Crippen molar-refractivity contribution in [2.75, 3.05) is 39.3 Å². The highest BCUT2D eigenvalue weighted by atomic mass is 32.2. The van der Waals surface area contributed by atoms with Gasteiger partial charge in [0, 0.05) is 26.2 Å². The molecule has 2 heterocycles. The van der Waals surface area contributed by atoms with Gasteiger partial charge in [-0.25, -0.2) is 0 Å². The Morgan fingerprint density at radius 2 is 1.76 bits per heavy atom. The van der Waals surface area contributed by atoms with Gasteiger partial charge >= 0.3 is 0 Å². The van der Waals surface area contributed by atoms with E-state index in [0.29, 0.717) is 38.0 Å². The number of hydrogen-bond donors (Lipinski definition) is 1. The fraction of sp³-hybridized carbons (Fsp3) is 1.00. The molecule has 2 aliphatic heterocycles. The summed E-state index contributed by atoms with van der Waals surface area (Å²) in [5.41, 5.74) is 0. The summed E-state index contributed by atoms with van der Waals surface area (Å²) < 4.78 is 29.2. The minimum atomic E-state index is -3.26. The molecule has 5 nitrogen and oxygen atoms in total. The summed E-state index contributed by atoms with van der Waals surface area (Å²) in [4.78, 5) is 0. The van der Waals surface area contributed by atoms with Gasteiger partial charge in [0.1, 0.15) is 0 Å². The van der Waals surface area contributed by atoms with Gasteiger partial charge in [-0.3, -0.25) is 0 Å². The van der Waals surface area contributed by atoms with Gasteiger partial charge in [0.25, 0.3) is 10.2 Å². The maximum atomic E-state index is 12.9. The quantitative estimate of drug-likeness (QED) is 0.811. The van der Waals surface area contributed by atoms with Crippen molar-refractivity contribution in [2.45, 2.75) is 46.0 Å². The topological polar surface area (TPSA) is 52.7 Å². The van der Waals surface area contributed by atoms with Crippen LogP contribution in [0, 0.1) is 11.8 Å². The Hall–Kier alpha value is -0.170. The van der Waals surface area contributed by atoms with E-state index in [0.717, 1.165) is 45.2 Å². The maximum Gasteiger partial charge on any atom is 0.281 e. The molecule has 0 aromatic heterocycles. The van der Waals surface area contributed by atoms with Gasteiger partial charge in [0.15, 0.2) is 0 Å². The van der Waals surface area contributed by atoms with E-state index in [2.05, 4.69) is 19.2 Å². The first-order valence-corrected chi connectivity index (χ1v) is 9.89. The van der Waals surface area contributed by atoms with E-state index in [1.54, 1.807) is 8.61 Å². The van der Waals surface area contributed by atoms with Crippen LogP contribution in [0.3, 0.4) is 0 Å². The van der Waals surface area contributed by atoms with Gasteiger partial charge in [-0.05, 0) is 57.0 Å². The SMILES string of the molecule is CCCN(CC1CCNCC1)S(=O)(=O)N1CCC(C)CC1. The Bertz CT molecular complexity index is 399. The van der Waals surface area contributed by atoms with Gasteiger partial charge in [-0.1, -0.05) is 13.8 Å². The smallest absolute Gasteiger partial charge is 0.281 e. The number of hydrogen-bond acceptors (Lipinski definition) is 3. The molecule has 0 aromatic carbocycles. The van der Waals surface area contributed by atoms with E-state index in [-0.39, 0.29) is 0 Å². The Balaban J connectivity index is 2.00. The fourth-order valence-electron chi connectivity index (χ4n) is 3.28. The predicted molar refractivity (Wildman–Crippen MR) is 86.3 cm³/mol. The molecule has 0 aromatic rings. The Kier molecular flexibility index (Phi) is 6.47. The average Bonchev–Trinajstić information content (AvgIpc) is 2.48. The largest absolute Gasteiger partial charge is 0.317 e. The van der Waals surface area contributed by atoms with E-state index in [9.17, 15) is 8.42 Å². The van der Waals surface area contributed by atoms with E-state index in [4.69, 9.17) is 0 Å². The number of piperidine rings is 2. The molecule has 2 aliphatic rings. The molecule has 6 heteroatoms. The molecule has 0 unspecified atom stereocenters. The first kappa shape index (κ1) is 17.2. The Morgan fingerprint density at radius 1 is 1.14 bits per heavy atom. The van der Waals surface area contributed by atoms with Crippen LogP contribution in [-0.4, -0.2) is 56.3 Å². The third-order valence-corrected chi connectivity index (χ3v) is 6.79. The van der Waals surface area contributed by atoms with Crippen LogP contribution in [0.25, 0.3) is 0 Å². The highest BCUT2D eigenvalue weighted by Gasteiger charge is 2.33. The minimum absolute atomic E-state index is 0.510. The van der Waals surface area contributed by atoms with E-state index >= 15 is 0 Å². The van der Waals surface area contributed by atoms with Gasteiger partial charge in [-0.15, -0.1) is 0 Å². The molecule has 0 saturated carbocycles. The molecule has 0 bridgehead atoms. The van der Waals surface area contributed by atoms with Crippen molar-refractivity contribution in [1.29, 1.82) is 0 Å². The molecular weight excluding hydrogens is 286 g/mol. The summed E-state index contributed by atoms with van der Waals surface area (Å²) in [6.07, 6.45) is 5.05. The molecule has 0 atom stereocenters. The van der Waals surface area contributed by atoms with Crippen molar-refractivity contribution in [3.05, 3.63) is 0 Å². The Labute approximate surface area is 130 Å². The molecule has 2 fully saturated rings. The second-order valence-corrected chi connectivity index (χ2v) is 8.57. The number of nitrogens with zero attached hydrogens (tertiary/aromatic N) is 2. The van der Waals surface area contributed by atoms with Crippen molar-refractivity contribution >= 4 is 10.2 Å². The van der Waals surface area contributed by atoms with Gasteiger partial charge in [-0.2, -0.15) is 17.0 Å². The average molecular weight is 317 g/mol. The lowest BCUT2D eigenvalue weighted by Gasteiger charge is -2.36. The first-order chi connectivity index (χ1) is 10.0. The van der Waals surface area contributed by atoms with Crippen LogP contribution >= 0.6 is 0 Å². The lowest BCUT2D eigenvalue weighted by molar-refractivity contribution is 0.241. The molecule has 0 spiro atoms. The van der Waals surface area contributed by atoms with Crippen molar-refractivity contribution < 1.29 is 8.42 Å². The van der Waals surface area contributed by atoms with Gasteiger partial charge in [0.05, 0.1) is 0 Å². The first-order valence-electron chi connectivity index (χ1n) is 8.50. The van der Waals surface area contributed by atoms with Crippen LogP contribution in [0.2, 0.25) is 0 Å². The summed E-state index contributed by atoms with van der Waals surface area (Å²) in [5.74, 6) is 1.16. The summed E-state index contributed by atoms with van der Waals surface area (Å²) >= 11 is 0. The summed E-state index contributed by atoms with van der Waals surface area (Å²) in [6, 6.07) is 0. The molecule has 2 rings (SSSR count). The van der Waals surface area contributed by atoms with Crippen LogP contribution in [0.15, 0.2) is 0 Å². The lowest BCUT2D eigenvalue weighted by atomic mass is 9.98. The fourth-order valence-corrected chi connectivity index (χ4v) is 5.09. The van der Waals surface area contributed by atoms with Gasteiger partial charge in [0.2, 0.25) is 0 Å². The van der Waals surface area contributed by atoms with Crippen LogP contribution in [0.5, 0.6) is 0 Å². The molecule has 1 N–H and O–H groups in total. The van der Waals surface area contributed by atoms with Crippen LogP contribution < -0.4 is 5.32 Å². The highest BCUT2D eigenvalue weighted by molar-refractivity contribution is 7.86. The predicted octanol–water partition coefficient (Wildman–Crippen LogP) is 1.67. The molecule has 21 heavy (non-hydrogen) atoms. The summed E-state index contributed by atoms with van der Waals surface area (Å²) in [5, 5.41) is 3.35.